The van der Waals surface area contributed by atoms with E-state index in [0.717, 1.165) is 22.4 Å². The molecular weight excluding hydrogens is 496 g/mol. The van der Waals surface area contributed by atoms with E-state index < -0.39 is 11.7 Å². The molecule has 0 N–H and O–H groups in total. The average Bonchev–Trinajstić information content (AvgIpc) is 3.28. The van der Waals surface area contributed by atoms with Crippen LogP contribution in [0.15, 0.2) is 46.9 Å². The van der Waals surface area contributed by atoms with Gasteiger partial charge in [-0.1, -0.05) is 37.3 Å². The Morgan fingerprint density at radius 3 is 2.51 bits per heavy atom. The normalized spacial score (nSPS) is 15.4. The molecule has 1 unspecified atom stereocenters. The Morgan fingerprint density at radius 2 is 1.82 bits per heavy atom. The zero-order valence-corrected chi connectivity index (χ0v) is 23.7. The van der Waals surface area contributed by atoms with Crippen LogP contribution in [0.1, 0.15) is 64.8 Å². The maximum absolute atomic E-state index is 12.6. The second-order valence-corrected chi connectivity index (χ2v) is 11.1. The molecule has 0 aliphatic carbocycles. The summed E-state index contributed by atoms with van der Waals surface area (Å²) in [6.07, 6.45) is 2.19. The lowest BCUT2D eigenvalue weighted by Crippen LogP contribution is -2.43. The van der Waals surface area contributed by atoms with Gasteiger partial charge in [-0.25, -0.2) is 14.6 Å². The summed E-state index contributed by atoms with van der Waals surface area (Å²) in [6, 6.07) is 14.4. The average molecular weight is 537 g/mol. The van der Waals surface area contributed by atoms with Crippen molar-refractivity contribution in [1.29, 1.82) is 0 Å². The van der Waals surface area contributed by atoms with Gasteiger partial charge < -0.3 is 23.5 Å². The summed E-state index contributed by atoms with van der Waals surface area (Å²) in [5, 5.41) is 2.32. The number of hydrogen-bond acceptors (Lipinski definition) is 7. The van der Waals surface area contributed by atoms with E-state index in [-0.39, 0.29) is 18.2 Å². The smallest absolute Gasteiger partial charge is 0.409 e. The molecule has 1 aliphatic rings. The van der Waals surface area contributed by atoms with Gasteiger partial charge in [-0.2, -0.15) is 0 Å². The monoisotopic (exact) mass is 536 g/mol. The molecule has 4 rings (SSSR count). The number of rotatable bonds is 9. The molecule has 8 heteroatoms. The lowest BCUT2D eigenvalue weighted by atomic mass is 10.1. The summed E-state index contributed by atoms with van der Waals surface area (Å²) >= 11 is 0. The van der Waals surface area contributed by atoms with Crippen molar-refractivity contribution in [2.75, 3.05) is 19.7 Å². The summed E-state index contributed by atoms with van der Waals surface area (Å²) < 4.78 is 23.0. The number of aryl methyl sites for hydroxylation is 2. The number of fused-ring (bicyclic) bond motifs is 1. The minimum atomic E-state index is -0.588. The van der Waals surface area contributed by atoms with E-state index in [1.807, 2.05) is 52.8 Å². The first kappa shape index (κ1) is 28.6. The van der Waals surface area contributed by atoms with Crippen molar-refractivity contribution in [1.82, 2.24) is 9.88 Å². The summed E-state index contributed by atoms with van der Waals surface area (Å²) in [5.41, 5.74) is 1.27. The van der Waals surface area contributed by atoms with Crippen molar-refractivity contribution in [3.63, 3.8) is 0 Å². The third-order valence-electron chi connectivity index (χ3n) is 6.77. The third-order valence-corrected chi connectivity index (χ3v) is 6.77. The molecule has 1 amide bonds. The summed E-state index contributed by atoms with van der Waals surface area (Å²) in [7, 11) is 0. The zero-order chi connectivity index (χ0) is 28.0. The molecule has 8 nitrogen and oxygen atoms in total. The highest BCUT2D eigenvalue weighted by atomic mass is 16.6. The zero-order valence-electron chi connectivity index (χ0n) is 23.7. The van der Waals surface area contributed by atoms with Crippen molar-refractivity contribution >= 4 is 22.8 Å². The molecule has 2 heterocycles. The number of oxazole rings is 1. The van der Waals surface area contributed by atoms with Crippen LogP contribution in [0.25, 0.3) is 22.2 Å². The Bertz CT molecular complexity index is 1270. The second-order valence-electron chi connectivity index (χ2n) is 11.1. The Balaban J connectivity index is 1.19. The second kappa shape index (κ2) is 12.6. The maximum Gasteiger partial charge on any atom is 0.409 e. The molecule has 1 aromatic heterocycles. The SMILES string of the molecule is CCC(OC1CCN(C(=O)OCCCc2nc(-c3ccc4ccccc4c3)oc2C)CC1)C(=O)OC(C)(C)C. The molecular formula is C31H40N2O6. The lowest BCUT2D eigenvalue weighted by Gasteiger charge is -2.33. The minimum absolute atomic E-state index is 0.0848. The van der Waals surface area contributed by atoms with E-state index in [1.165, 1.54) is 5.39 Å². The van der Waals surface area contributed by atoms with Crippen molar-refractivity contribution in [2.24, 2.45) is 0 Å². The number of hydrogen-bond donors (Lipinski definition) is 0. The van der Waals surface area contributed by atoms with Crippen molar-refractivity contribution in [2.45, 2.75) is 84.5 Å². The minimum Gasteiger partial charge on any atom is -0.458 e. The van der Waals surface area contributed by atoms with Crippen LogP contribution in [0.5, 0.6) is 0 Å². The Hall–Kier alpha value is -3.39. The van der Waals surface area contributed by atoms with Gasteiger partial charge in [0.1, 0.15) is 11.4 Å². The molecule has 0 spiro atoms. The molecule has 2 aromatic carbocycles. The van der Waals surface area contributed by atoms with E-state index in [9.17, 15) is 9.59 Å². The molecule has 1 aliphatic heterocycles. The maximum atomic E-state index is 12.6. The molecule has 1 fully saturated rings. The third kappa shape index (κ3) is 7.82. The standard InChI is InChI=1S/C31H40N2O6/c1-6-27(29(34)39-31(3,4)5)38-25-15-17-33(18-16-25)30(35)36-19-9-12-26-21(2)37-28(32-26)24-14-13-22-10-7-8-11-23(22)20-24/h7-8,10-11,13-14,20,25,27H,6,9,12,15-19H2,1-5H3. The first-order valence-corrected chi connectivity index (χ1v) is 13.9. The molecule has 0 bridgehead atoms. The van der Waals surface area contributed by atoms with Crippen LogP contribution in [0.3, 0.4) is 0 Å². The number of benzene rings is 2. The van der Waals surface area contributed by atoms with Crippen LogP contribution in [-0.2, 0) is 25.4 Å². The van der Waals surface area contributed by atoms with Gasteiger partial charge in [0.15, 0.2) is 6.10 Å². The van der Waals surface area contributed by atoms with Crippen LogP contribution in [0.2, 0.25) is 0 Å². The van der Waals surface area contributed by atoms with Crippen LogP contribution >= 0.6 is 0 Å². The van der Waals surface area contributed by atoms with E-state index in [4.69, 9.17) is 23.6 Å². The molecule has 3 aromatic rings. The number of esters is 1. The molecule has 210 valence electrons. The fraction of sp³-hybridized carbons (Fsp3) is 0.516. The first-order chi connectivity index (χ1) is 18.6. The fourth-order valence-corrected chi connectivity index (χ4v) is 4.69. The Morgan fingerprint density at radius 1 is 1.10 bits per heavy atom. The highest BCUT2D eigenvalue weighted by molar-refractivity contribution is 5.86. The molecule has 1 saturated heterocycles. The number of ether oxygens (including phenoxy) is 3. The van der Waals surface area contributed by atoms with Gasteiger partial charge in [-0.15, -0.1) is 0 Å². The lowest BCUT2D eigenvalue weighted by molar-refractivity contribution is -0.174. The summed E-state index contributed by atoms with van der Waals surface area (Å²) in [6.45, 7) is 10.7. The van der Waals surface area contributed by atoms with E-state index >= 15 is 0 Å². The quantitative estimate of drug-likeness (QED) is 0.228. The van der Waals surface area contributed by atoms with Gasteiger partial charge >= 0.3 is 12.1 Å². The first-order valence-electron chi connectivity index (χ1n) is 13.9. The summed E-state index contributed by atoms with van der Waals surface area (Å²) in [4.78, 5) is 31.4. The van der Waals surface area contributed by atoms with Crippen molar-refractivity contribution in [3.8, 4) is 11.5 Å². The van der Waals surface area contributed by atoms with E-state index in [1.54, 1.807) is 4.90 Å². The van der Waals surface area contributed by atoms with Gasteiger partial charge in [-0.05, 0) is 82.7 Å². The van der Waals surface area contributed by atoms with E-state index in [0.29, 0.717) is 57.7 Å². The van der Waals surface area contributed by atoms with Crippen LogP contribution in [0, 0.1) is 6.92 Å². The highest BCUT2D eigenvalue weighted by Crippen LogP contribution is 2.26. The Kier molecular flexibility index (Phi) is 9.28. The van der Waals surface area contributed by atoms with Gasteiger partial charge in [0.2, 0.25) is 5.89 Å². The number of amides is 1. The predicted octanol–water partition coefficient (Wildman–Crippen LogP) is 6.47. The number of piperidine rings is 1. The molecule has 1 atom stereocenters. The number of aromatic nitrogens is 1. The van der Waals surface area contributed by atoms with Crippen LogP contribution in [-0.4, -0.2) is 59.5 Å². The molecule has 0 saturated carbocycles. The van der Waals surface area contributed by atoms with Gasteiger partial charge in [0, 0.05) is 18.7 Å². The summed E-state index contributed by atoms with van der Waals surface area (Å²) in [5.74, 6) is 1.05. The number of carbonyl (C=O) groups is 2. The van der Waals surface area contributed by atoms with Crippen molar-refractivity contribution in [3.05, 3.63) is 53.9 Å². The number of nitrogens with zero attached hydrogens (tertiary/aromatic N) is 2. The predicted molar refractivity (Wildman–Crippen MR) is 149 cm³/mol. The van der Waals surface area contributed by atoms with Gasteiger partial charge in [0.25, 0.3) is 0 Å². The van der Waals surface area contributed by atoms with Crippen molar-refractivity contribution < 1.29 is 28.2 Å². The molecule has 39 heavy (non-hydrogen) atoms. The number of carbonyl (C=O) groups excluding carboxylic acids is 2. The molecule has 0 radical (unpaired) electrons. The van der Waals surface area contributed by atoms with Gasteiger partial charge in [0.05, 0.1) is 18.4 Å². The topological polar surface area (TPSA) is 91.1 Å². The van der Waals surface area contributed by atoms with E-state index in [2.05, 4.69) is 24.3 Å². The highest BCUT2D eigenvalue weighted by Gasteiger charge is 2.30. The fourth-order valence-electron chi connectivity index (χ4n) is 4.69. The number of likely N-dealkylation sites (tertiary alicyclic amines) is 1. The van der Waals surface area contributed by atoms with Crippen LogP contribution in [0.4, 0.5) is 4.79 Å². The van der Waals surface area contributed by atoms with Gasteiger partial charge in [-0.3, -0.25) is 0 Å². The largest absolute Gasteiger partial charge is 0.458 e. The van der Waals surface area contributed by atoms with Crippen LogP contribution < -0.4 is 0 Å². The Labute approximate surface area is 230 Å².